The summed E-state index contributed by atoms with van der Waals surface area (Å²) in [6.45, 7) is 0.937. The van der Waals surface area contributed by atoms with E-state index in [0.29, 0.717) is 17.7 Å². The molecule has 1 aliphatic rings. The number of benzene rings is 1. The molecule has 4 rings (SSSR count). The number of nitrogen functional groups attached to an aromatic ring is 1. The molecular weight excluding hydrogens is 484 g/mol. The number of rotatable bonds is 9. The average Bonchev–Trinajstić information content (AvgIpc) is 3.53. The summed E-state index contributed by atoms with van der Waals surface area (Å²) < 4.78 is 9.55. The maximum Gasteiger partial charge on any atom is 0.270 e. The highest BCUT2D eigenvalue weighted by Crippen LogP contribution is 2.31. The van der Waals surface area contributed by atoms with Crippen LogP contribution in [0.15, 0.2) is 48.8 Å². The van der Waals surface area contributed by atoms with Gasteiger partial charge in [-0.3, -0.25) is 19.4 Å². The largest absolute Gasteiger partial charge is 0.508 e. The van der Waals surface area contributed by atoms with Gasteiger partial charge in [0.1, 0.15) is 16.7 Å². The number of phenolic OH excluding ortho intramolecular Hbond substituents is 1. The van der Waals surface area contributed by atoms with Crippen molar-refractivity contribution in [2.45, 2.75) is 31.5 Å². The SMILES string of the molecule is NC(=O)c1nsc(C(=O)N(Cc2cccnc2)C(C(=O)NCC2CCCO2)c2ccc(O)cc2)c1N. The van der Waals surface area contributed by atoms with E-state index in [2.05, 4.69) is 14.7 Å². The van der Waals surface area contributed by atoms with Crippen LogP contribution in [0.2, 0.25) is 0 Å². The van der Waals surface area contributed by atoms with Crippen molar-refractivity contribution in [3.05, 3.63) is 70.5 Å². The van der Waals surface area contributed by atoms with Crippen molar-refractivity contribution in [1.29, 1.82) is 0 Å². The van der Waals surface area contributed by atoms with Crippen molar-refractivity contribution in [3.8, 4) is 5.75 Å². The van der Waals surface area contributed by atoms with Crippen molar-refractivity contribution in [2.24, 2.45) is 5.73 Å². The summed E-state index contributed by atoms with van der Waals surface area (Å²) in [6, 6.07) is 8.41. The van der Waals surface area contributed by atoms with Crippen LogP contribution in [-0.4, -0.2) is 56.3 Å². The van der Waals surface area contributed by atoms with Crippen LogP contribution in [0.3, 0.4) is 0 Å². The molecule has 0 bridgehead atoms. The molecule has 12 heteroatoms. The molecular formula is C24H26N6O5S. The molecule has 3 amide bonds. The number of hydrogen-bond donors (Lipinski definition) is 4. The van der Waals surface area contributed by atoms with Gasteiger partial charge in [0.05, 0.1) is 11.8 Å². The van der Waals surface area contributed by atoms with E-state index in [9.17, 15) is 19.5 Å². The molecule has 1 aliphatic heterocycles. The number of phenols is 1. The molecule has 2 unspecified atom stereocenters. The number of nitrogens with one attached hydrogen (secondary N) is 1. The quantitative estimate of drug-likeness (QED) is 0.336. The second-order valence-corrected chi connectivity index (χ2v) is 9.08. The number of aromatic hydroxyl groups is 1. The van der Waals surface area contributed by atoms with E-state index in [1.807, 2.05) is 0 Å². The lowest BCUT2D eigenvalue weighted by Gasteiger charge is -2.31. The van der Waals surface area contributed by atoms with Gasteiger partial charge in [0.25, 0.3) is 11.8 Å². The van der Waals surface area contributed by atoms with Crippen molar-refractivity contribution in [3.63, 3.8) is 0 Å². The Kier molecular flexibility index (Phi) is 7.76. The Morgan fingerprint density at radius 1 is 1.25 bits per heavy atom. The van der Waals surface area contributed by atoms with Crippen LogP contribution in [0.4, 0.5) is 5.69 Å². The highest BCUT2D eigenvalue weighted by molar-refractivity contribution is 7.09. The number of primary amides is 1. The fourth-order valence-corrected chi connectivity index (χ4v) is 4.74. The van der Waals surface area contributed by atoms with E-state index in [1.165, 1.54) is 17.0 Å². The molecule has 1 saturated heterocycles. The third kappa shape index (κ3) is 5.61. The van der Waals surface area contributed by atoms with Gasteiger partial charge in [-0.1, -0.05) is 18.2 Å². The van der Waals surface area contributed by atoms with Crippen LogP contribution >= 0.6 is 11.5 Å². The predicted octanol–water partition coefficient (Wildman–Crippen LogP) is 1.60. The number of amides is 3. The lowest BCUT2D eigenvalue weighted by atomic mass is 10.0. The van der Waals surface area contributed by atoms with Crippen LogP contribution < -0.4 is 16.8 Å². The molecule has 3 heterocycles. The van der Waals surface area contributed by atoms with Crippen LogP contribution in [0.1, 0.15) is 50.2 Å². The Hall–Kier alpha value is -4.03. The Bertz CT molecular complexity index is 1230. The fraction of sp³-hybridized carbons (Fsp3) is 0.292. The fourth-order valence-electron chi connectivity index (χ4n) is 3.97. The normalized spacial score (nSPS) is 15.8. The number of aromatic nitrogens is 2. The van der Waals surface area contributed by atoms with Crippen molar-refractivity contribution in [1.82, 2.24) is 19.6 Å². The molecule has 188 valence electrons. The van der Waals surface area contributed by atoms with Gasteiger partial charge in [-0.05, 0) is 53.7 Å². The third-order valence-electron chi connectivity index (χ3n) is 5.79. The van der Waals surface area contributed by atoms with Crippen LogP contribution in [0, 0.1) is 0 Å². The summed E-state index contributed by atoms with van der Waals surface area (Å²) in [5.74, 6) is -1.88. The summed E-state index contributed by atoms with van der Waals surface area (Å²) in [6.07, 6.45) is 4.83. The number of carbonyl (C=O) groups excluding carboxylic acids is 3. The van der Waals surface area contributed by atoms with E-state index in [-0.39, 0.29) is 41.2 Å². The van der Waals surface area contributed by atoms with Crippen molar-refractivity contribution < 1.29 is 24.2 Å². The van der Waals surface area contributed by atoms with Gasteiger partial charge in [0.2, 0.25) is 5.91 Å². The van der Waals surface area contributed by atoms with E-state index >= 15 is 0 Å². The molecule has 6 N–H and O–H groups in total. The van der Waals surface area contributed by atoms with Gasteiger partial charge in [0, 0.05) is 32.1 Å². The number of hydrogen-bond acceptors (Lipinski definition) is 9. The topological polar surface area (TPSA) is 174 Å². The highest BCUT2D eigenvalue weighted by Gasteiger charge is 2.35. The Balaban J connectivity index is 1.74. The zero-order chi connectivity index (χ0) is 25.7. The van der Waals surface area contributed by atoms with Crippen molar-refractivity contribution >= 4 is 34.9 Å². The minimum absolute atomic E-state index is 0.00874. The van der Waals surface area contributed by atoms with E-state index < -0.39 is 23.8 Å². The van der Waals surface area contributed by atoms with E-state index in [4.69, 9.17) is 16.2 Å². The molecule has 3 aromatic rings. The summed E-state index contributed by atoms with van der Waals surface area (Å²) >= 11 is 0.738. The van der Waals surface area contributed by atoms with E-state index in [1.54, 1.807) is 36.7 Å². The van der Waals surface area contributed by atoms with Gasteiger partial charge in [-0.2, -0.15) is 4.37 Å². The van der Waals surface area contributed by atoms with Crippen molar-refractivity contribution in [2.75, 3.05) is 18.9 Å². The maximum atomic E-state index is 13.8. The zero-order valence-electron chi connectivity index (χ0n) is 19.3. The van der Waals surface area contributed by atoms with Crippen LogP contribution in [0.25, 0.3) is 0 Å². The maximum absolute atomic E-state index is 13.8. The summed E-state index contributed by atoms with van der Waals surface area (Å²) in [5.41, 5.74) is 12.2. The summed E-state index contributed by atoms with van der Waals surface area (Å²) in [4.78, 5) is 44.5. The van der Waals surface area contributed by atoms with Crippen LogP contribution in [0.5, 0.6) is 5.75 Å². The minimum Gasteiger partial charge on any atom is -0.508 e. The molecule has 11 nitrogen and oxygen atoms in total. The second-order valence-electron chi connectivity index (χ2n) is 8.31. The number of pyridine rings is 1. The predicted molar refractivity (Wildman–Crippen MR) is 132 cm³/mol. The van der Waals surface area contributed by atoms with Crippen LogP contribution in [-0.2, 0) is 16.1 Å². The summed E-state index contributed by atoms with van der Waals surface area (Å²) in [5, 5.41) is 12.7. The lowest BCUT2D eigenvalue weighted by molar-refractivity contribution is -0.126. The molecule has 0 aliphatic carbocycles. The molecule has 0 saturated carbocycles. The highest BCUT2D eigenvalue weighted by atomic mass is 32.1. The monoisotopic (exact) mass is 510 g/mol. The molecule has 1 fully saturated rings. The van der Waals surface area contributed by atoms with Gasteiger partial charge in [-0.25, -0.2) is 0 Å². The Morgan fingerprint density at radius 3 is 2.64 bits per heavy atom. The zero-order valence-corrected chi connectivity index (χ0v) is 20.1. The number of carbonyl (C=O) groups is 3. The third-order valence-corrected chi connectivity index (χ3v) is 6.64. The standard InChI is InChI=1S/C24H26N6O5S/c25-18-19(22(26)32)29-36-21(18)24(34)30(13-14-3-1-9-27-11-14)20(15-5-7-16(31)8-6-15)23(33)28-12-17-4-2-10-35-17/h1,3,5-9,11,17,20,31H,2,4,10,12-13,25H2,(H2,26,32)(H,28,33). The molecule has 2 aromatic heterocycles. The molecule has 2 atom stereocenters. The van der Waals surface area contributed by atoms with Gasteiger partial charge < -0.3 is 31.5 Å². The number of ether oxygens (including phenoxy) is 1. The molecule has 0 spiro atoms. The Morgan fingerprint density at radius 2 is 2.03 bits per heavy atom. The average molecular weight is 511 g/mol. The molecule has 1 aromatic carbocycles. The first kappa shape index (κ1) is 25.1. The summed E-state index contributed by atoms with van der Waals surface area (Å²) in [7, 11) is 0. The van der Waals surface area contributed by atoms with Gasteiger partial charge >= 0.3 is 0 Å². The number of nitrogens with two attached hydrogens (primary N) is 2. The minimum atomic E-state index is -1.10. The lowest BCUT2D eigenvalue weighted by Crippen LogP contribution is -2.45. The number of nitrogens with zero attached hydrogens (tertiary/aromatic N) is 3. The first-order chi connectivity index (χ1) is 17.3. The first-order valence-electron chi connectivity index (χ1n) is 11.3. The molecule has 36 heavy (non-hydrogen) atoms. The first-order valence-corrected chi connectivity index (χ1v) is 12.1. The van der Waals surface area contributed by atoms with E-state index in [0.717, 1.165) is 24.4 Å². The second kappa shape index (κ2) is 11.1. The molecule has 0 radical (unpaired) electrons. The van der Waals surface area contributed by atoms with Gasteiger partial charge in [-0.15, -0.1) is 0 Å². The smallest absolute Gasteiger partial charge is 0.270 e. The van der Waals surface area contributed by atoms with Gasteiger partial charge in [0.15, 0.2) is 5.69 Å². The number of anilines is 1. The Labute approximate surface area is 211 Å².